The van der Waals surface area contributed by atoms with Crippen LogP contribution in [0, 0.1) is 0 Å². The van der Waals surface area contributed by atoms with Crippen LogP contribution in [-0.2, 0) is 11.3 Å². The first-order chi connectivity index (χ1) is 7.68. The molecule has 4 heteroatoms. The predicted octanol–water partition coefficient (Wildman–Crippen LogP) is 1.92. The van der Waals surface area contributed by atoms with Crippen LogP contribution in [0.25, 0.3) is 10.8 Å². The van der Waals surface area contributed by atoms with Gasteiger partial charge in [-0.1, -0.05) is 12.1 Å². The SMILES string of the molecule is O=C1OCc2cc3cccc(O)c3c(O)c21. The zero-order chi connectivity index (χ0) is 11.3. The van der Waals surface area contributed by atoms with Gasteiger partial charge in [0.1, 0.15) is 23.7 Å². The number of phenols is 2. The minimum atomic E-state index is -0.544. The molecule has 1 aliphatic rings. The molecule has 0 spiro atoms. The molecule has 16 heavy (non-hydrogen) atoms. The number of esters is 1. The Bertz CT molecular complexity index is 616. The standard InChI is InChI=1S/C12H8O4/c13-8-3-1-2-6-4-7-5-16-12(15)10(7)11(14)9(6)8/h1-4,13-14H,5H2. The summed E-state index contributed by atoms with van der Waals surface area (Å²) in [6.45, 7) is 0.174. The molecule has 2 aromatic carbocycles. The van der Waals surface area contributed by atoms with Crippen molar-refractivity contribution < 1.29 is 19.7 Å². The Kier molecular flexibility index (Phi) is 1.63. The van der Waals surface area contributed by atoms with Crippen LogP contribution in [0.15, 0.2) is 24.3 Å². The molecule has 0 fully saturated rings. The molecule has 4 nitrogen and oxygen atoms in total. The number of benzene rings is 2. The van der Waals surface area contributed by atoms with Gasteiger partial charge in [0.2, 0.25) is 0 Å². The van der Waals surface area contributed by atoms with Crippen LogP contribution in [0.2, 0.25) is 0 Å². The van der Waals surface area contributed by atoms with Crippen LogP contribution in [0.5, 0.6) is 11.5 Å². The molecule has 1 aliphatic heterocycles. The summed E-state index contributed by atoms with van der Waals surface area (Å²) < 4.78 is 4.83. The highest BCUT2D eigenvalue weighted by molar-refractivity contribution is 6.06. The molecule has 0 amide bonds. The van der Waals surface area contributed by atoms with E-state index in [4.69, 9.17) is 4.74 Å². The summed E-state index contributed by atoms with van der Waals surface area (Å²) in [5.41, 5.74) is 0.814. The third kappa shape index (κ3) is 1.01. The second kappa shape index (κ2) is 2.88. The molecule has 1 heterocycles. The zero-order valence-corrected chi connectivity index (χ0v) is 8.23. The quantitative estimate of drug-likeness (QED) is 0.660. The second-order valence-corrected chi connectivity index (χ2v) is 3.71. The molecule has 0 aromatic heterocycles. The maximum Gasteiger partial charge on any atom is 0.342 e. The molecule has 0 aliphatic carbocycles. The topological polar surface area (TPSA) is 66.8 Å². The minimum absolute atomic E-state index is 0.0440. The highest BCUT2D eigenvalue weighted by Gasteiger charge is 2.27. The molecule has 0 bridgehead atoms. The van der Waals surface area contributed by atoms with Crippen LogP contribution in [0.1, 0.15) is 15.9 Å². The van der Waals surface area contributed by atoms with Gasteiger partial charge in [-0.05, 0) is 17.5 Å². The minimum Gasteiger partial charge on any atom is -0.507 e. The molecule has 0 saturated heterocycles. The maximum atomic E-state index is 11.4. The molecule has 0 atom stereocenters. The average Bonchev–Trinajstić information content (AvgIpc) is 2.60. The van der Waals surface area contributed by atoms with Crippen LogP contribution >= 0.6 is 0 Å². The van der Waals surface area contributed by atoms with Gasteiger partial charge in [-0.15, -0.1) is 0 Å². The highest BCUT2D eigenvalue weighted by atomic mass is 16.5. The Hall–Kier alpha value is -2.23. The lowest BCUT2D eigenvalue weighted by atomic mass is 10.0. The molecule has 80 valence electrons. The number of hydrogen-bond acceptors (Lipinski definition) is 4. The largest absolute Gasteiger partial charge is 0.507 e. The van der Waals surface area contributed by atoms with Crippen molar-refractivity contribution >= 4 is 16.7 Å². The van der Waals surface area contributed by atoms with Crippen LogP contribution in [0.4, 0.5) is 0 Å². The van der Waals surface area contributed by atoms with Crippen molar-refractivity contribution in [3.8, 4) is 11.5 Å². The first-order valence-corrected chi connectivity index (χ1v) is 4.82. The lowest BCUT2D eigenvalue weighted by Gasteiger charge is -2.06. The Labute approximate surface area is 90.7 Å². The third-order valence-electron chi connectivity index (χ3n) is 2.76. The Morgan fingerprint density at radius 2 is 2.06 bits per heavy atom. The fraction of sp³-hybridized carbons (Fsp3) is 0.0833. The fourth-order valence-corrected chi connectivity index (χ4v) is 2.03. The summed E-state index contributed by atoms with van der Waals surface area (Å²) >= 11 is 0. The van der Waals surface area contributed by atoms with Gasteiger partial charge in [-0.3, -0.25) is 0 Å². The first kappa shape index (κ1) is 9.03. The predicted molar refractivity (Wildman–Crippen MR) is 56.4 cm³/mol. The van der Waals surface area contributed by atoms with Crippen molar-refractivity contribution in [1.82, 2.24) is 0 Å². The first-order valence-electron chi connectivity index (χ1n) is 4.82. The van der Waals surface area contributed by atoms with Gasteiger partial charge in [0.15, 0.2) is 0 Å². The van der Waals surface area contributed by atoms with Crippen molar-refractivity contribution in [3.63, 3.8) is 0 Å². The zero-order valence-electron chi connectivity index (χ0n) is 8.23. The summed E-state index contributed by atoms with van der Waals surface area (Å²) in [6.07, 6.45) is 0. The number of aromatic hydroxyl groups is 2. The Balaban J connectivity index is 2.49. The van der Waals surface area contributed by atoms with Crippen LogP contribution in [-0.4, -0.2) is 16.2 Å². The summed E-state index contributed by atoms with van der Waals surface area (Å²) in [7, 11) is 0. The van der Waals surface area contributed by atoms with E-state index in [1.54, 1.807) is 18.2 Å². The van der Waals surface area contributed by atoms with Gasteiger partial charge in [-0.25, -0.2) is 4.79 Å². The number of cyclic esters (lactones) is 1. The molecular formula is C12H8O4. The van der Waals surface area contributed by atoms with E-state index in [2.05, 4.69) is 0 Å². The molecule has 3 rings (SSSR count). The molecular weight excluding hydrogens is 208 g/mol. The summed E-state index contributed by atoms with van der Waals surface area (Å²) in [4.78, 5) is 11.4. The second-order valence-electron chi connectivity index (χ2n) is 3.71. The normalized spacial score (nSPS) is 13.9. The van der Waals surface area contributed by atoms with E-state index in [9.17, 15) is 15.0 Å². The number of phenolic OH excluding ortho intramolecular Hbond substituents is 2. The van der Waals surface area contributed by atoms with Gasteiger partial charge in [-0.2, -0.15) is 0 Å². The van der Waals surface area contributed by atoms with Crippen molar-refractivity contribution in [3.05, 3.63) is 35.4 Å². The van der Waals surface area contributed by atoms with E-state index in [1.165, 1.54) is 6.07 Å². The smallest absolute Gasteiger partial charge is 0.342 e. The Morgan fingerprint density at radius 1 is 1.25 bits per heavy atom. The number of ether oxygens (including phenoxy) is 1. The highest BCUT2D eigenvalue weighted by Crippen LogP contribution is 2.39. The van der Waals surface area contributed by atoms with E-state index in [0.29, 0.717) is 16.3 Å². The number of carbonyl (C=O) groups excluding carboxylic acids is 1. The lowest BCUT2D eigenvalue weighted by Crippen LogP contribution is -1.94. The van der Waals surface area contributed by atoms with Gasteiger partial charge in [0.05, 0.1) is 5.39 Å². The van der Waals surface area contributed by atoms with Gasteiger partial charge in [0.25, 0.3) is 0 Å². The number of carbonyl (C=O) groups is 1. The Morgan fingerprint density at radius 3 is 2.88 bits per heavy atom. The van der Waals surface area contributed by atoms with Crippen LogP contribution < -0.4 is 0 Å². The summed E-state index contributed by atoms with van der Waals surface area (Å²) in [6, 6.07) is 6.66. The number of hydrogen-bond donors (Lipinski definition) is 2. The van der Waals surface area contributed by atoms with Crippen LogP contribution in [0.3, 0.4) is 0 Å². The van der Waals surface area contributed by atoms with Crippen molar-refractivity contribution in [2.45, 2.75) is 6.61 Å². The van der Waals surface area contributed by atoms with Gasteiger partial charge in [0, 0.05) is 5.56 Å². The molecule has 2 N–H and O–H groups in total. The summed E-state index contributed by atoms with van der Waals surface area (Å²) in [5, 5.41) is 20.6. The molecule has 0 saturated carbocycles. The van der Waals surface area contributed by atoms with Gasteiger partial charge >= 0.3 is 5.97 Å². The lowest BCUT2D eigenvalue weighted by molar-refractivity contribution is 0.0533. The van der Waals surface area contributed by atoms with E-state index < -0.39 is 5.97 Å². The average molecular weight is 216 g/mol. The van der Waals surface area contributed by atoms with E-state index in [-0.39, 0.29) is 23.7 Å². The molecule has 2 aromatic rings. The fourth-order valence-electron chi connectivity index (χ4n) is 2.03. The van der Waals surface area contributed by atoms with E-state index >= 15 is 0 Å². The van der Waals surface area contributed by atoms with Gasteiger partial charge < -0.3 is 14.9 Å². The van der Waals surface area contributed by atoms with Crippen molar-refractivity contribution in [2.75, 3.05) is 0 Å². The molecule has 0 radical (unpaired) electrons. The third-order valence-corrected chi connectivity index (χ3v) is 2.76. The monoisotopic (exact) mass is 216 g/mol. The van der Waals surface area contributed by atoms with E-state index in [0.717, 1.165) is 0 Å². The number of rotatable bonds is 0. The van der Waals surface area contributed by atoms with Crippen molar-refractivity contribution in [2.24, 2.45) is 0 Å². The van der Waals surface area contributed by atoms with Crippen molar-refractivity contribution in [1.29, 1.82) is 0 Å². The maximum absolute atomic E-state index is 11.4. The summed E-state index contributed by atoms with van der Waals surface area (Å²) in [5.74, 6) is -0.789. The number of fused-ring (bicyclic) bond motifs is 2. The van der Waals surface area contributed by atoms with E-state index in [1.807, 2.05) is 0 Å². The molecule has 0 unspecified atom stereocenters.